The lowest BCUT2D eigenvalue weighted by Gasteiger charge is -2.38. The third kappa shape index (κ3) is 5.77. The van der Waals surface area contributed by atoms with E-state index < -0.39 is 5.97 Å². The monoisotopic (exact) mass is 470 g/mol. The molecule has 170 valence electrons. The maximum Gasteiger partial charge on any atom is 0.345 e. The van der Waals surface area contributed by atoms with Gasteiger partial charge in [-0.1, -0.05) is 41.4 Å². The third-order valence-corrected chi connectivity index (χ3v) is 8.09. The molecular formula is C28H32Cl2O2. The number of esters is 1. The highest BCUT2D eigenvalue weighted by Crippen LogP contribution is 2.44. The first-order valence-electron chi connectivity index (χ1n) is 11.9. The first kappa shape index (κ1) is 23.4. The molecule has 0 amide bonds. The summed E-state index contributed by atoms with van der Waals surface area (Å²) in [6, 6.07) is 12.8. The van der Waals surface area contributed by atoms with Crippen LogP contribution >= 0.6 is 23.2 Å². The second-order valence-corrected chi connectivity index (χ2v) is 10.3. The normalized spacial score (nSPS) is 25.8. The fourth-order valence-corrected chi connectivity index (χ4v) is 6.17. The maximum atomic E-state index is 12.4. The van der Waals surface area contributed by atoms with Gasteiger partial charge in [0, 0.05) is 5.02 Å². The van der Waals surface area contributed by atoms with Crippen molar-refractivity contribution in [3.63, 3.8) is 0 Å². The van der Waals surface area contributed by atoms with E-state index in [1.807, 2.05) is 12.1 Å². The van der Waals surface area contributed by atoms with E-state index in [4.69, 9.17) is 27.9 Å². The van der Waals surface area contributed by atoms with Crippen LogP contribution in [0.25, 0.3) is 0 Å². The zero-order valence-electron chi connectivity index (χ0n) is 18.6. The number of rotatable bonds is 6. The van der Waals surface area contributed by atoms with Crippen LogP contribution in [0.3, 0.4) is 0 Å². The van der Waals surface area contributed by atoms with Gasteiger partial charge in [0.05, 0.1) is 10.6 Å². The summed E-state index contributed by atoms with van der Waals surface area (Å²) >= 11 is 12.0. The van der Waals surface area contributed by atoms with Crippen molar-refractivity contribution >= 4 is 29.2 Å². The predicted molar refractivity (Wildman–Crippen MR) is 133 cm³/mol. The fourth-order valence-electron chi connectivity index (χ4n) is 5.68. The van der Waals surface area contributed by atoms with E-state index >= 15 is 0 Å². The quantitative estimate of drug-likeness (QED) is 0.239. The van der Waals surface area contributed by atoms with Crippen LogP contribution in [0.1, 0.15) is 79.6 Å². The summed E-state index contributed by atoms with van der Waals surface area (Å²) in [6.07, 6.45) is 14.1. The molecule has 2 aliphatic rings. The summed E-state index contributed by atoms with van der Waals surface area (Å²) in [5, 5.41) is 0.788. The van der Waals surface area contributed by atoms with Crippen molar-refractivity contribution in [2.75, 3.05) is 0 Å². The molecule has 0 N–H and O–H groups in total. The molecule has 2 aromatic carbocycles. The fraction of sp³-hybridized carbons (Fsp3) is 0.464. The summed E-state index contributed by atoms with van der Waals surface area (Å²) in [5.41, 5.74) is 1.67. The lowest BCUT2D eigenvalue weighted by Crippen LogP contribution is -2.25. The highest BCUT2D eigenvalue weighted by molar-refractivity contribution is 6.36. The number of benzene rings is 2. The van der Waals surface area contributed by atoms with Crippen LogP contribution in [0.2, 0.25) is 10.0 Å². The zero-order valence-corrected chi connectivity index (χ0v) is 20.1. The van der Waals surface area contributed by atoms with E-state index in [0.29, 0.717) is 27.3 Å². The van der Waals surface area contributed by atoms with Crippen LogP contribution < -0.4 is 4.74 Å². The van der Waals surface area contributed by atoms with Gasteiger partial charge in [-0.2, -0.15) is 0 Å². The van der Waals surface area contributed by atoms with Crippen molar-refractivity contribution in [3.8, 4) is 5.75 Å². The second kappa shape index (κ2) is 10.9. The Bertz CT molecular complexity index is 921. The van der Waals surface area contributed by atoms with Gasteiger partial charge in [-0.15, -0.1) is 6.58 Å². The van der Waals surface area contributed by atoms with Gasteiger partial charge in [0.15, 0.2) is 0 Å². The van der Waals surface area contributed by atoms with Gasteiger partial charge in [-0.25, -0.2) is 4.79 Å². The number of hydrogen-bond acceptors (Lipinski definition) is 2. The molecule has 0 atom stereocenters. The molecule has 2 fully saturated rings. The smallest absolute Gasteiger partial charge is 0.345 e. The van der Waals surface area contributed by atoms with Crippen LogP contribution in [0.4, 0.5) is 0 Å². The van der Waals surface area contributed by atoms with Crippen LogP contribution in [-0.2, 0) is 0 Å². The van der Waals surface area contributed by atoms with E-state index in [-0.39, 0.29) is 0 Å². The van der Waals surface area contributed by atoms with Crippen molar-refractivity contribution in [2.45, 2.75) is 63.7 Å². The lowest BCUT2D eigenvalue weighted by molar-refractivity contribution is 0.0735. The molecule has 0 aromatic heterocycles. The molecule has 0 unspecified atom stereocenters. The Balaban J connectivity index is 1.28. The molecule has 0 spiro atoms. The number of halogens is 2. The molecule has 0 heterocycles. The number of hydrogen-bond donors (Lipinski definition) is 0. The molecule has 0 saturated heterocycles. The summed E-state index contributed by atoms with van der Waals surface area (Å²) in [6.45, 7) is 3.91. The number of carbonyl (C=O) groups is 1. The van der Waals surface area contributed by atoms with E-state index in [1.165, 1.54) is 63.4 Å². The minimum atomic E-state index is -0.470. The average Bonchev–Trinajstić information content (AvgIpc) is 2.80. The van der Waals surface area contributed by atoms with E-state index in [1.54, 1.807) is 18.2 Å². The zero-order chi connectivity index (χ0) is 22.5. The van der Waals surface area contributed by atoms with Gasteiger partial charge in [0.2, 0.25) is 0 Å². The molecule has 4 heteroatoms. The summed E-state index contributed by atoms with van der Waals surface area (Å²) < 4.78 is 5.51. The predicted octanol–water partition coefficient (Wildman–Crippen LogP) is 8.87. The van der Waals surface area contributed by atoms with Gasteiger partial charge in [-0.05, 0) is 117 Å². The van der Waals surface area contributed by atoms with E-state index in [9.17, 15) is 4.79 Å². The highest BCUT2D eigenvalue weighted by Gasteiger charge is 2.31. The minimum absolute atomic E-state index is 0.296. The SMILES string of the molecule is C=CCC1CCC(C2CCC(c3ccc(OC(=O)c4ccc(Cl)cc4Cl)cc3)CC2)CC1. The first-order valence-corrected chi connectivity index (χ1v) is 12.7. The molecular weight excluding hydrogens is 439 g/mol. The molecule has 4 rings (SSSR count). The Labute approximate surface area is 202 Å². The van der Waals surface area contributed by atoms with Gasteiger partial charge < -0.3 is 4.74 Å². The minimum Gasteiger partial charge on any atom is -0.423 e. The van der Waals surface area contributed by atoms with Gasteiger partial charge >= 0.3 is 5.97 Å². The Morgan fingerprint density at radius 2 is 1.53 bits per heavy atom. The number of allylic oxidation sites excluding steroid dienone is 1. The highest BCUT2D eigenvalue weighted by atomic mass is 35.5. The maximum absolute atomic E-state index is 12.4. The summed E-state index contributed by atoms with van der Waals surface area (Å²) in [5.74, 6) is 3.39. The standard InChI is InChI=1S/C28H32Cl2O2/c1-2-3-19-4-6-20(7-5-19)21-8-10-22(11-9-21)23-12-15-25(16-13-23)32-28(31)26-17-14-24(29)18-27(26)30/h2,12-22H,1,3-11H2. The molecule has 32 heavy (non-hydrogen) atoms. The van der Waals surface area contributed by atoms with Crippen LogP contribution in [-0.4, -0.2) is 5.97 Å². The van der Waals surface area contributed by atoms with Crippen LogP contribution in [0.5, 0.6) is 5.75 Å². The Morgan fingerprint density at radius 3 is 2.12 bits per heavy atom. The third-order valence-electron chi connectivity index (χ3n) is 7.54. The van der Waals surface area contributed by atoms with E-state index in [2.05, 4.69) is 24.8 Å². The van der Waals surface area contributed by atoms with E-state index in [0.717, 1.165) is 17.8 Å². The topological polar surface area (TPSA) is 26.3 Å². The number of ether oxygens (including phenoxy) is 1. The largest absolute Gasteiger partial charge is 0.423 e. The number of carbonyl (C=O) groups excluding carboxylic acids is 1. The summed E-state index contributed by atoms with van der Waals surface area (Å²) in [7, 11) is 0. The van der Waals surface area contributed by atoms with Crippen molar-refractivity contribution in [1.29, 1.82) is 0 Å². The Hall–Kier alpha value is -1.77. The van der Waals surface area contributed by atoms with Crippen LogP contribution in [0.15, 0.2) is 55.1 Å². The van der Waals surface area contributed by atoms with Crippen molar-refractivity contribution in [2.24, 2.45) is 17.8 Å². The molecule has 2 aromatic rings. The molecule has 0 aliphatic heterocycles. The van der Waals surface area contributed by atoms with Gasteiger partial charge in [0.25, 0.3) is 0 Å². The summed E-state index contributed by atoms with van der Waals surface area (Å²) in [4.78, 5) is 12.4. The second-order valence-electron chi connectivity index (χ2n) is 9.50. The molecule has 2 nitrogen and oxygen atoms in total. The average molecular weight is 471 g/mol. The molecule has 2 saturated carbocycles. The molecule has 0 radical (unpaired) electrons. The Kier molecular flexibility index (Phi) is 7.97. The van der Waals surface area contributed by atoms with Gasteiger partial charge in [0.1, 0.15) is 5.75 Å². The molecule has 0 bridgehead atoms. The van der Waals surface area contributed by atoms with Crippen molar-refractivity contribution in [3.05, 3.63) is 76.3 Å². The van der Waals surface area contributed by atoms with Gasteiger partial charge in [-0.3, -0.25) is 0 Å². The molecule has 2 aliphatic carbocycles. The van der Waals surface area contributed by atoms with Crippen molar-refractivity contribution in [1.82, 2.24) is 0 Å². The first-order chi connectivity index (χ1) is 15.5. The van der Waals surface area contributed by atoms with Crippen LogP contribution in [0, 0.1) is 17.8 Å². The lowest BCUT2D eigenvalue weighted by atomic mass is 9.68. The van der Waals surface area contributed by atoms with Crippen molar-refractivity contribution < 1.29 is 9.53 Å². The Morgan fingerprint density at radius 1 is 0.906 bits per heavy atom.